The minimum absolute atomic E-state index is 0.344. The molecule has 0 fully saturated rings. The molecule has 0 aromatic heterocycles. The van der Waals surface area contributed by atoms with Crippen LogP contribution in [0.2, 0.25) is 0 Å². The highest BCUT2D eigenvalue weighted by Gasteiger charge is 2.01. The fourth-order valence-electron chi connectivity index (χ4n) is 9.92. The normalized spacial score (nSPS) is 11.6. The summed E-state index contributed by atoms with van der Waals surface area (Å²) in [5.41, 5.74) is 0. The third kappa shape index (κ3) is 60.9. The van der Waals surface area contributed by atoms with Crippen molar-refractivity contribution >= 4 is 11.9 Å². The molecular weight excluding hydrogens is 773 g/mol. The Morgan fingerprint density at radius 1 is 0.143 bits per heavy atom. The molecule has 0 atom stereocenters. The van der Waals surface area contributed by atoms with Gasteiger partial charge in [0, 0.05) is 12.8 Å². The zero-order valence-corrected chi connectivity index (χ0v) is 43.0. The molecule has 2 N–H and O–H groups in total. The van der Waals surface area contributed by atoms with Gasteiger partial charge in [0.1, 0.15) is 0 Å². The molecule has 63 heavy (non-hydrogen) atoms. The first kappa shape index (κ1) is 61.9. The highest BCUT2D eigenvalue weighted by Crippen LogP contribution is 2.19. The summed E-state index contributed by atoms with van der Waals surface area (Å²) in [6, 6.07) is 0. The fourth-order valence-corrected chi connectivity index (χ4v) is 9.92. The summed E-state index contributed by atoms with van der Waals surface area (Å²) in [7, 11) is 0. The topological polar surface area (TPSA) is 74.6 Å². The molecule has 0 spiro atoms. The van der Waals surface area contributed by atoms with Crippen molar-refractivity contribution in [1.29, 1.82) is 0 Å². The second-order valence-corrected chi connectivity index (χ2v) is 20.7. The molecule has 0 amide bonds. The molecule has 0 saturated carbocycles. The Bertz CT molecular complexity index is 788. The van der Waals surface area contributed by atoms with Gasteiger partial charge in [0.2, 0.25) is 0 Å². The lowest BCUT2D eigenvalue weighted by Crippen LogP contribution is -1.93. The van der Waals surface area contributed by atoms with E-state index in [9.17, 15) is 9.59 Å². The number of hydrogen-bond donors (Lipinski definition) is 2. The van der Waals surface area contributed by atoms with Crippen molar-refractivity contribution in [2.45, 2.75) is 366 Å². The van der Waals surface area contributed by atoms with Gasteiger partial charge >= 0.3 is 11.9 Å². The molecule has 0 aliphatic heterocycles. The summed E-state index contributed by atoms with van der Waals surface area (Å²) in [6.45, 7) is 0. The van der Waals surface area contributed by atoms with Crippen LogP contribution < -0.4 is 0 Å². The number of carbonyl (C=O) groups is 2. The summed E-state index contributed by atoms with van der Waals surface area (Å²) < 4.78 is 0. The first-order valence-electron chi connectivity index (χ1n) is 29.6. The quantitative estimate of drug-likeness (QED) is 0.0597. The van der Waals surface area contributed by atoms with Gasteiger partial charge in [0.05, 0.1) is 0 Å². The highest BCUT2D eigenvalue weighted by atomic mass is 16.4. The van der Waals surface area contributed by atoms with Crippen LogP contribution in [0.5, 0.6) is 0 Å². The molecule has 0 aliphatic rings. The number of rotatable bonds is 58. The van der Waals surface area contributed by atoms with Crippen molar-refractivity contribution in [2.24, 2.45) is 0 Å². The van der Waals surface area contributed by atoms with Crippen molar-refractivity contribution in [2.75, 3.05) is 0 Å². The van der Waals surface area contributed by atoms with Gasteiger partial charge in [-0.3, -0.25) is 9.59 Å². The van der Waals surface area contributed by atoms with Crippen LogP contribution in [0.15, 0.2) is 0 Å². The molecule has 4 heteroatoms. The molecule has 0 unspecified atom stereocenters. The number of unbranched alkanes of at least 4 members (excludes halogenated alkanes) is 54. The van der Waals surface area contributed by atoms with Crippen LogP contribution in [0.3, 0.4) is 0 Å². The first-order chi connectivity index (χ1) is 31.1. The Kier molecular flexibility index (Phi) is 56.1. The van der Waals surface area contributed by atoms with Crippen molar-refractivity contribution in [3.05, 3.63) is 0 Å². The van der Waals surface area contributed by atoms with Gasteiger partial charge in [0.15, 0.2) is 0 Å². The molecule has 0 aliphatic carbocycles. The molecular formula is C59H116O4. The maximum Gasteiger partial charge on any atom is 0.303 e. The Balaban J connectivity index is 3.07. The zero-order valence-electron chi connectivity index (χ0n) is 43.0. The van der Waals surface area contributed by atoms with E-state index in [2.05, 4.69) is 0 Å². The maximum atomic E-state index is 10.5. The van der Waals surface area contributed by atoms with Crippen LogP contribution in [-0.4, -0.2) is 22.2 Å². The predicted molar refractivity (Wildman–Crippen MR) is 278 cm³/mol. The fraction of sp³-hybridized carbons (Fsp3) is 0.966. The van der Waals surface area contributed by atoms with Crippen molar-refractivity contribution in [3.63, 3.8) is 0 Å². The van der Waals surface area contributed by atoms with Crippen LogP contribution in [0.1, 0.15) is 366 Å². The third-order valence-electron chi connectivity index (χ3n) is 14.3. The second-order valence-electron chi connectivity index (χ2n) is 20.7. The van der Waals surface area contributed by atoms with Gasteiger partial charge in [-0.2, -0.15) is 0 Å². The lowest BCUT2D eigenvalue weighted by atomic mass is 10.0. The number of carboxylic acids is 2. The summed E-state index contributed by atoms with van der Waals surface area (Å²) in [5, 5.41) is 17.3. The van der Waals surface area contributed by atoms with Crippen molar-refractivity contribution < 1.29 is 19.8 Å². The van der Waals surface area contributed by atoms with E-state index in [4.69, 9.17) is 10.2 Å². The Morgan fingerprint density at radius 3 is 0.270 bits per heavy atom. The van der Waals surface area contributed by atoms with E-state index >= 15 is 0 Å². The number of carboxylic acid groups (broad SMARTS) is 2. The smallest absolute Gasteiger partial charge is 0.303 e. The predicted octanol–water partition coefficient (Wildman–Crippen LogP) is 21.4. The van der Waals surface area contributed by atoms with Gasteiger partial charge in [-0.1, -0.05) is 340 Å². The number of hydrogen-bond acceptors (Lipinski definition) is 2. The summed E-state index contributed by atoms with van der Waals surface area (Å²) in [6.07, 6.45) is 77.7. The first-order valence-corrected chi connectivity index (χ1v) is 29.6. The maximum absolute atomic E-state index is 10.5. The van der Waals surface area contributed by atoms with Crippen LogP contribution in [0.25, 0.3) is 0 Å². The number of aliphatic carboxylic acids is 2. The van der Waals surface area contributed by atoms with E-state index in [0.717, 1.165) is 25.7 Å². The van der Waals surface area contributed by atoms with E-state index in [0.29, 0.717) is 12.8 Å². The van der Waals surface area contributed by atoms with Crippen LogP contribution in [0.4, 0.5) is 0 Å². The van der Waals surface area contributed by atoms with E-state index in [1.807, 2.05) is 0 Å². The highest BCUT2D eigenvalue weighted by molar-refractivity contribution is 5.66. The lowest BCUT2D eigenvalue weighted by molar-refractivity contribution is -0.138. The molecule has 376 valence electrons. The van der Waals surface area contributed by atoms with Gasteiger partial charge in [-0.15, -0.1) is 0 Å². The average molecular weight is 890 g/mol. The lowest BCUT2D eigenvalue weighted by Gasteiger charge is -2.05. The molecule has 0 rings (SSSR count). The monoisotopic (exact) mass is 889 g/mol. The summed E-state index contributed by atoms with van der Waals surface area (Å²) in [4.78, 5) is 21.1. The SMILES string of the molecule is O=C(O)CCCCCCCCCCCCCCCCCCCCCCCCCCCCCCCCCCCCCCCCCCCCCCCCCCCCCCCCCC(=O)O. The van der Waals surface area contributed by atoms with Gasteiger partial charge < -0.3 is 10.2 Å². The van der Waals surface area contributed by atoms with Crippen molar-refractivity contribution in [3.8, 4) is 0 Å². The van der Waals surface area contributed by atoms with Gasteiger partial charge in [-0.25, -0.2) is 0 Å². The molecule has 0 heterocycles. The van der Waals surface area contributed by atoms with E-state index in [1.165, 1.54) is 327 Å². The summed E-state index contributed by atoms with van der Waals surface area (Å²) >= 11 is 0. The Hall–Kier alpha value is -1.06. The largest absolute Gasteiger partial charge is 0.481 e. The second kappa shape index (κ2) is 57.1. The summed E-state index contributed by atoms with van der Waals surface area (Å²) in [5.74, 6) is -1.30. The molecule has 0 aromatic carbocycles. The van der Waals surface area contributed by atoms with Crippen molar-refractivity contribution in [1.82, 2.24) is 0 Å². The van der Waals surface area contributed by atoms with E-state index in [-0.39, 0.29) is 0 Å². The van der Waals surface area contributed by atoms with Crippen LogP contribution in [-0.2, 0) is 9.59 Å². The molecule has 0 saturated heterocycles. The molecule has 4 nitrogen and oxygen atoms in total. The minimum Gasteiger partial charge on any atom is -0.481 e. The average Bonchev–Trinajstić information content (AvgIpc) is 3.27. The third-order valence-corrected chi connectivity index (χ3v) is 14.3. The van der Waals surface area contributed by atoms with Crippen LogP contribution in [0, 0.1) is 0 Å². The van der Waals surface area contributed by atoms with E-state index < -0.39 is 11.9 Å². The van der Waals surface area contributed by atoms with Gasteiger partial charge in [-0.05, 0) is 12.8 Å². The van der Waals surface area contributed by atoms with Gasteiger partial charge in [0.25, 0.3) is 0 Å². The Morgan fingerprint density at radius 2 is 0.206 bits per heavy atom. The zero-order chi connectivity index (χ0) is 45.5. The molecule has 0 aromatic rings. The van der Waals surface area contributed by atoms with E-state index in [1.54, 1.807) is 0 Å². The Labute approximate surface area is 396 Å². The molecule has 0 radical (unpaired) electrons. The minimum atomic E-state index is -0.648. The van der Waals surface area contributed by atoms with Crippen LogP contribution >= 0.6 is 0 Å². The molecule has 0 bridgehead atoms. The standard InChI is InChI=1S/C59H116O4/c60-58(61)56-54-52-50-48-46-44-42-40-38-36-34-32-30-28-26-24-22-20-18-16-14-12-10-8-6-4-2-1-3-5-7-9-11-13-15-17-19-21-23-25-27-29-31-33-35-37-39-41-43-45-47-49-51-53-55-57-59(62)63/h1-57H2,(H,60,61)(H,62,63).